The molecule has 4 heteroatoms. The van der Waals surface area contributed by atoms with Gasteiger partial charge in [0.25, 0.3) is 0 Å². The number of nitrogens with zero attached hydrogens (tertiary/aromatic N) is 2. The third kappa shape index (κ3) is 2.12. The number of rotatable bonds is 1. The lowest BCUT2D eigenvalue weighted by atomic mass is 10.0. The van der Waals surface area contributed by atoms with E-state index in [0.717, 1.165) is 5.69 Å². The molecule has 0 bridgehead atoms. The van der Waals surface area contributed by atoms with Crippen molar-refractivity contribution in [2.45, 2.75) is 45.4 Å². The molecule has 1 aliphatic rings. The number of carbonyl (C=O) groups is 1. The van der Waals surface area contributed by atoms with E-state index in [4.69, 9.17) is 4.74 Å². The summed E-state index contributed by atoms with van der Waals surface area (Å²) in [5, 5.41) is 0. The summed E-state index contributed by atoms with van der Waals surface area (Å²) in [7, 11) is 0. The number of hydrogen-bond donors (Lipinski definition) is 0. The van der Waals surface area contributed by atoms with Crippen LogP contribution in [0.3, 0.4) is 0 Å². The van der Waals surface area contributed by atoms with E-state index in [-0.39, 0.29) is 23.8 Å². The van der Waals surface area contributed by atoms with E-state index in [0.29, 0.717) is 0 Å². The third-order valence-electron chi connectivity index (χ3n) is 2.97. The van der Waals surface area contributed by atoms with Crippen molar-refractivity contribution in [2.75, 3.05) is 0 Å². The smallest absolute Gasteiger partial charge is 0.411 e. The van der Waals surface area contributed by atoms with Gasteiger partial charge in [-0.05, 0) is 39.8 Å². The van der Waals surface area contributed by atoms with Gasteiger partial charge in [-0.15, -0.1) is 0 Å². The fraction of sp³-hybridized carbons (Fsp3) is 0.538. The number of pyridine rings is 1. The first kappa shape index (κ1) is 11.9. The van der Waals surface area contributed by atoms with Gasteiger partial charge in [0.1, 0.15) is 0 Å². The Morgan fingerprint density at radius 1 is 1.35 bits per heavy atom. The highest BCUT2D eigenvalue weighted by atomic mass is 16.6. The first-order valence-electron chi connectivity index (χ1n) is 5.82. The molecule has 1 aromatic heterocycles. The first-order chi connectivity index (χ1) is 7.91. The second-order valence-electron chi connectivity index (χ2n) is 5.34. The van der Waals surface area contributed by atoms with E-state index in [1.165, 1.54) is 0 Å². The number of aromatic nitrogens is 1. The van der Waals surface area contributed by atoms with Gasteiger partial charge in [-0.25, -0.2) is 4.79 Å². The second-order valence-corrected chi connectivity index (χ2v) is 5.34. The summed E-state index contributed by atoms with van der Waals surface area (Å²) in [4.78, 5) is 17.9. The van der Waals surface area contributed by atoms with Crippen molar-refractivity contribution in [1.82, 2.24) is 9.88 Å². The molecule has 0 aromatic carbocycles. The van der Waals surface area contributed by atoms with E-state index in [1.807, 2.05) is 45.9 Å². The molecule has 0 spiro atoms. The average molecular weight is 234 g/mol. The summed E-state index contributed by atoms with van der Waals surface area (Å²) in [6, 6.07) is 5.65. The summed E-state index contributed by atoms with van der Waals surface area (Å²) < 4.78 is 5.42. The zero-order valence-electron chi connectivity index (χ0n) is 10.7. The Hall–Kier alpha value is -1.58. The van der Waals surface area contributed by atoms with Gasteiger partial charge in [0.05, 0.1) is 11.7 Å². The molecule has 0 N–H and O–H groups in total. The van der Waals surface area contributed by atoms with Crippen LogP contribution in [0.25, 0.3) is 0 Å². The standard InChI is InChI=1S/C13H18N2O2/c1-9-11(10-7-5-6-8-14-10)17-12(16)15(9)13(2,3)4/h5-9,11H,1-4H3/t9-,11-/m0/s1. The normalized spacial score (nSPS) is 24.9. The van der Waals surface area contributed by atoms with Crippen molar-refractivity contribution < 1.29 is 9.53 Å². The molecule has 1 aromatic rings. The van der Waals surface area contributed by atoms with Crippen molar-refractivity contribution in [1.29, 1.82) is 0 Å². The Bertz CT molecular complexity index is 411. The van der Waals surface area contributed by atoms with Gasteiger partial charge in [-0.1, -0.05) is 6.07 Å². The fourth-order valence-corrected chi connectivity index (χ4v) is 2.30. The first-order valence-corrected chi connectivity index (χ1v) is 5.82. The SMILES string of the molecule is C[C@H]1[C@@H](c2ccccn2)OC(=O)N1C(C)(C)C. The van der Waals surface area contributed by atoms with Crippen LogP contribution in [0.5, 0.6) is 0 Å². The zero-order chi connectivity index (χ0) is 12.6. The molecule has 4 nitrogen and oxygen atoms in total. The molecule has 1 aliphatic heterocycles. The molecule has 0 unspecified atom stereocenters. The molecule has 1 fully saturated rings. The van der Waals surface area contributed by atoms with Crippen molar-refractivity contribution >= 4 is 6.09 Å². The van der Waals surface area contributed by atoms with Crippen LogP contribution in [0.1, 0.15) is 39.5 Å². The van der Waals surface area contributed by atoms with Crippen LogP contribution in [0.2, 0.25) is 0 Å². The van der Waals surface area contributed by atoms with Crippen LogP contribution in [0.15, 0.2) is 24.4 Å². The Balaban J connectivity index is 2.28. The van der Waals surface area contributed by atoms with E-state index in [1.54, 1.807) is 11.1 Å². The van der Waals surface area contributed by atoms with E-state index < -0.39 is 0 Å². The zero-order valence-corrected chi connectivity index (χ0v) is 10.7. The van der Waals surface area contributed by atoms with Crippen LogP contribution < -0.4 is 0 Å². The Labute approximate surface area is 102 Å². The number of hydrogen-bond acceptors (Lipinski definition) is 3. The summed E-state index contributed by atoms with van der Waals surface area (Å²) >= 11 is 0. The number of carbonyl (C=O) groups excluding carboxylic acids is 1. The van der Waals surface area contributed by atoms with E-state index in [2.05, 4.69) is 4.98 Å². The van der Waals surface area contributed by atoms with E-state index >= 15 is 0 Å². The van der Waals surface area contributed by atoms with Crippen molar-refractivity contribution in [3.63, 3.8) is 0 Å². The predicted molar refractivity (Wildman–Crippen MR) is 64.5 cm³/mol. The minimum Gasteiger partial charge on any atom is -0.437 e. The predicted octanol–water partition coefficient (Wildman–Crippen LogP) is 2.76. The number of ether oxygens (including phenoxy) is 1. The monoisotopic (exact) mass is 234 g/mol. The Morgan fingerprint density at radius 2 is 2.06 bits per heavy atom. The lowest BCUT2D eigenvalue weighted by Crippen LogP contribution is -2.46. The van der Waals surface area contributed by atoms with Crippen molar-refractivity contribution in [3.8, 4) is 0 Å². The second kappa shape index (κ2) is 4.02. The topological polar surface area (TPSA) is 42.4 Å². The molecule has 0 aliphatic carbocycles. The Morgan fingerprint density at radius 3 is 2.53 bits per heavy atom. The van der Waals surface area contributed by atoms with Gasteiger partial charge in [0.15, 0.2) is 6.10 Å². The molecule has 17 heavy (non-hydrogen) atoms. The molecule has 0 radical (unpaired) electrons. The highest BCUT2D eigenvalue weighted by Crippen LogP contribution is 2.35. The Kier molecular flexibility index (Phi) is 2.81. The van der Waals surface area contributed by atoms with Gasteiger partial charge in [-0.3, -0.25) is 9.88 Å². The lowest BCUT2D eigenvalue weighted by molar-refractivity contribution is 0.118. The molecule has 0 saturated carbocycles. The molecule has 2 atom stereocenters. The van der Waals surface area contributed by atoms with Gasteiger partial charge >= 0.3 is 6.09 Å². The molecule has 92 valence electrons. The van der Waals surface area contributed by atoms with Crippen LogP contribution in [-0.2, 0) is 4.74 Å². The van der Waals surface area contributed by atoms with Gasteiger partial charge < -0.3 is 4.74 Å². The highest BCUT2D eigenvalue weighted by Gasteiger charge is 2.45. The van der Waals surface area contributed by atoms with Gasteiger partial charge in [0.2, 0.25) is 0 Å². The minimum absolute atomic E-state index is 0.00241. The average Bonchev–Trinajstić information content (AvgIpc) is 2.54. The summed E-state index contributed by atoms with van der Waals surface area (Å²) in [5.74, 6) is 0. The lowest BCUT2D eigenvalue weighted by Gasteiger charge is -2.33. The fourth-order valence-electron chi connectivity index (χ4n) is 2.30. The maximum atomic E-state index is 11.9. The molecule has 1 saturated heterocycles. The largest absolute Gasteiger partial charge is 0.437 e. The summed E-state index contributed by atoms with van der Waals surface area (Å²) in [6.45, 7) is 8.01. The molecule has 2 rings (SSSR count). The van der Waals surface area contributed by atoms with E-state index in [9.17, 15) is 4.79 Å². The van der Waals surface area contributed by atoms with Crippen LogP contribution >= 0.6 is 0 Å². The maximum Gasteiger partial charge on any atom is 0.411 e. The van der Waals surface area contributed by atoms with Crippen molar-refractivity contribution in [2.24, 2.45) is 0 Å². The quantitative estimate of drug-likeness (QED) is 0.750. The molecule has 2 heterocycles. The van der Waals surface area contributed by atoms with Crippen LogP contribution in [0.4, 0.5) is 4.79 Å². The molecule has 1 amide bonds. The van der Waals surface area contributed by atoms with Crippen molar-refractivity contribution in [3.05, 3.63) is 30.1 Å². The minimum atomic E-state index is -0.275. The highest BCUT2D eigenvalue weighted by molar-refractivity contribution is 5.71. The summed E-state index contributed by atoms with van der Waals surface area (Å²) in [5.41, 5.74) is 0.570. The van der Waals surface area contributed by atoms with Gasteiger partial charge in [-0.2, -0.15) is 0 Å². The van der Waals surface area contributed by atoms with Crippen LogP contribution in [0, 0.1) is 0 Å². The molecular formula is C13H18N2O2. The number of cyclic esters (lactones) is 1. The van der Waals surface area contributed by atoms with Crippen LogP contribution in [-0.4, -0.2) is 27.6 Å². The number of amides is 1. The maximum absolute atomic E-state index is 11.9. The molecular weight excluding hydrogens is 216 g/mol. The third-order valence-corrected chi connectivity index (χ3v) is 2.97. The summed E-state index contributed by atoms with van der Waals surface area (Å²) in [6.07, 6.45) is 1.18. The van der Waals surface area contributed by atoms with Gasteiger partial charge in [0, 0.05) is 11.7 Å².